The Kier molecular flexibility index (Phi) is 12.2. The number of nitrogens with one attached hydrogen (secondary N) is 1. The van der Waals surface area contributed by atoms with Crippen LogP contribution < -0.4 is 5.32 Å². The van der Waals surface area contributed by atoms with Gasteiger partial charge in [-0.15, -0.1) is 12.4 Å². The summed E-state index contributed by atoms with van der Waals surface area (Å²) in [4.78, 5) is 16.4. The van der Waals surface area contributed by atoms with E-state index in [0.29, 0.717) is 0 Å². The summed E-state index contributed by atoms with van der Waals surface area (Å²) in [5.74, 6) is 0. The van der Waals surface area contributed by atoms with Crippen LogP contribution in [-0.2, 0) is 6.42 Å². The second kappa shape index (κ2) is 13.8. The fourth-order valence-electron chi connectivity index (χ4n) is 3.43. The van der Waals surface area contributed by atoms with Gasteiger partial charge in [0, 0.05) is 31.9 Å². The number of hydrogen-bond acceptors (Lipinski definition) is 2. The largest absolute Gasteiger partial charge is 0.322 e. The number of aryl methyl sites for hydroxylation is 1. The Morgan fingerprint density at radius 1 is 0.889 bits per heavy atom. The number of hydrogen-bond donors (Lipinski definition) is 1. The minimum absolute atomic E-state index is 0. The van der Waals surface area contributed by atoms with Crippen LogP contribution in [0.25, 0.3) is 0 Å². The van der Waals surface area contributed by atoms with Crippen molar-refractivity contribution in [3.8, 4) is 0 Å². The molecular formula is C22H38ClN3O. The second-order valence-corrected chi connectivity index (χ2v) is 7.64. The maximum Gasteiger partial charge on any atom is 0.321 e. The van der Waals surface area contributed by atoms with E-state index in [9.17, 15) is 4.79 Å². The Morgan fingerprint density at radius 3 is 2.04 bits per heavy atom. The van der Waals surface area contributed by atoms with Crippen LogP contribution in [0.2, 0.25) is 0 Å². The zero-order chi connectivity index (χ0) is 18.6. The van der Waals surface area contributed by atoms with E-state index in [0.717, 1.165) is 38.3 Å². The van der Waals surface area contributed by atoms with E-state index in [1.165, 1.54) is 56.9 Å². The molecule has 0 saturated carbocycles. The first-order valence-electron chi connectivity index (χ1n) is 10.5. The average molecular weight is 396 g/mol. The molecule has 1 N–H and O–H groups in total. The molecule has 1 aliphatic rings. The standard InChI is InChI=1S/C22H37N3O.ClH/c1-3-4-5-6-7-8-9-10-11-20-12-14-21(15-13-20)23-22(26)25-18-16-24(2)17-19-25;/h12-15H,3-11,16-19H2,1-2H3,(H,23,26);1H. The van der Waals surface area contributed by atoms with Crippen LogP contribution in [0.5, 0.6) is 0 Å². The summed E-state index contributed by atoms with van der Waals surface area (Å²) in [6, 6.07) is 8.40. The number of halogens is 1. The highest BCUT2D eigenvalue weighted by atomic mass is 35.5. The molecule has 154 valence electrons. The summed E-state index contributed by atoms with van der Waals surface area (Å²) in [6.45, 7) is 5.77. The van der Waals surface area contributed by atoms with Crippen LogP contribution in [0.3, 0.4) is 0 Å². The molecule has 1 aliphatic heterocycles. The van der Waals surface area contributed by atoms with E-state index in [1.807, 2.05) is 17.0 Å². The van der Waals surface area contributed by atoms with Crippen LogP contribution in [-0.4, -0.2) is 49.1 Å². The molecule has 0 spiro atoms. The lowest BCUT2D eigenvalue weighted by molar-refractivity contribution is 0.164. The summed E-state index contributed by atoms with van der Waals surface area (Å²) in [5.41, 5.74) is 2.27. The minimum Gasteiger partial charge on any atom is -0.322 e. The average Bonchev–Trinajstić information content (AvgIpc) is 2.65. The van der Waals surface area contributed by atoms with E-state index < -0.39 is 0 Å². The van der Waals surface area contributed by atoms with Crippen molar-refractivity contribution < 1.29 is 4.79 Å². The Bertz CT molecular complexity index is 513. The fraction of sp³-hybridized carbons (Fsp3) is 0.682. The highest BCUT2D eigenvalue weighted by molar-refractivity contribution is 5.89. The normalized spacial score (nSPS) is 14.7. The predicted molar refractivity (Wildman–Crippen MR) is 118 cm³/mol. The van der Waals surface area contributed by atoms with Crippen molar-refractivity contribution in [3.05, 3.63) is 29.8 Å². The first kappa shape index (κ1) is 23.8. The van der Waals surface area contributed by atoms with Crippen molar-refractivity contribution >= 4 is 24.1 Å². The molecule has 0 radical (unpaired) electrons. The van der Waals surface area contributed by atoms with E-state index in [-0.39, 0.29) is 18.4 Å². The molecule has 1 aromatic carbocycles. The highest BCUT2D eigenvalue weighted by Gasteiger charge is 2.18. The monoisotopic (exact) mass is 395 g/mol. The first-order valence-corrected chi connectivity index (χ1v) is 10.5. The van der Waals surface area contributed by atoms with Gasteiger partial charge < -0.3 is 15.1 Å². The Morgan fingerprint density at radius 2 is 1.44 bits per heavy atom. The molecule has 5 heteroatoms. The van der Waals surface area contributed by atoms with Gasteiger partial charge in [-0.1, -0.05) is 64.0 Å². The number of benzene rings is 1. The lowest BCUT2D eigenvalue weighted by atomic mass is 10.0. The molecule has 4 nitrogen and oxygen atoms in total. The number of carbonyl (C=O) groups is 1. The van der Waals surface area contributed by atoms with Gasteiger partial charge in [0.1, 0.15) is 0 Å². The Labute approximate surface area is 172 Å². The van der Waals surface area contributed by atoms with Crippen LogP contribution in [0, 0.1) is 0 Å². The molecule has 1 fully saturated rings. The molecule has 27 heavy (non-hydrogen) atoms. The molecule has 2 amide bonds. The molecule has 1 aromatic rings. The third-order valence-electron chi connectivity index (χ3n) is 5.31. The number of nitrogens with zero attached hydrogens (tertiary/aromatic N) is 2. The third-order valence-corrected chi connectivity index (χ3v) is 5.31. The zero-order valence-electron chi connectivity index (χ0n) is 17.2. The van der Waals surface area contributed by atoms with Crippen molar-refractivity contribution in [2.24, 2.45) is 0 Å². The van der Waals surface area contributed by atoms with Gasteiger partial charge in [0.15, 0.2) is 0 Å². The van der Waals surface area contributed by atoms with Crippen LogP contribution in [0.4, 0.5) is 10.5 Å². The molecule has 0 atom stereocenters. The van der Waals surface area contributed by atoms with Crippen molar-refractivity contribution in [1.82, 2.24) is 9.80 Å². The summed E-state index contributed by atoms with van der Waals surface area (Å²) in [5, 5.41) is 3.02. The molecule has 0 aromatic heterocycles. The predicted octanol–water partition coefficient (Wildman–Crippen LogP) is 5.57. The van der Waals surface area contributed by atoms with E-state index in [4.69, 9.17) is 0 Å². The summed E-state index contributed by atoms with van der Waals surface area (Å²) >= 11 is 0. The Balaban J connectivity index is 0.00000364. The fourth-order valence-corrected chi connectivity index (χ4v) is 3.43. The number of likely N-dealkylation sites (N-methyl/N-ethyl adjacent to an activating group) is 1. The number of carbonyl (C=O) groups excluding carboxylic acids is 1. The maximum atomic E-state index is 12.3. The van der Waals surface area contributed by atoms with E-state index in [2.05, 4.69) is 36.3 Å². The third kappa shape index (κ3) is 9.48. The summed E-state index contributed by atoms with van der Waals surface area (Å²) < 4.78 is 0. The summed E-state index contributed by atoms with van der Waals surface area (Å²) in [6.07, 6.45) is 12.0. The topological polar surface area (TPSA) is 35.6 Å². The van der Waals surface area contributed by atoms with E-state index in [1.54, 1.807) is 0 Å². The summed E-state index contributed by atoms with van der Waals surface area (Å²) in [7, 11) is 2.10. The molecule has 0 bridgehead atoms. The number of urea groups is 1. The van der Waals surface area contributed by atoms with Crippen LogP contribution >= 0.6 is 12.4 Å². The first-order chi connectivity index (χ1) is 12.7. The van der Waals surface area contributed by atoms with Gasteiger partial charge in [0.05, 0.1) is 0 Å². The van der Waals surface area contributed by atoms with Gasteiger partial charge in [-0.2, -0.15) is 0 Å². The van der Waals surface area contributed by atoms with Gasteiger partial charge >= 0.3 is 6.03 Å². The number of anilines is 1. The van der Waals surface area contributed by atoms with Gasteiger partial charge in [-0.3, -0.25) is 0 Å². The smallest absolute Gasteiger partial charge is 0.321 e. The van der Waals surface area contributed by atoms with Crippen molar-refractivity contribution in [1.29, 1.82) is 0 Å². The van der Waals surface area contributed by atoms with E-state index >= 15 is 0 Å². The molecule has 2 rings (SSSR count). The van der Waals surface area contributed by atoms with Gasteiger partial charge in [0.25, 0.3) is 0 Å². The van der Waals surface area contributed by atoms with Crippen molar-refractivity contribution in [2.75, 3.05) is 38.5 Å². The van der Waals surface area contributed by atoms with Crippen molar-refractivity contribution in [2.45, 2.75) is 64.7 Å². The number of piperazine rings is 1. The molecule has 0 unspecified atom stereocenters. The minimum atomic E-state index is 0. The molecule has 1 saturated heterocycles. The van der Waals surface area contributed by atoms with Crippen molar-refractivity contribution in [3.63, 3.8) is 0 Å². The molecule has 1 heterocycles. The van der Waals surface area contributed by atoms with Crippen LogP contribution in [0.15, 0.2) is 24.3 Å². The Hall–Kier alpha value is -1.26. The maximum absolute atomic E-state index is 12.3. The lowest BCUT2D eigenvalue weighted by Crippen LogP contribution is -2.48. The number of amides is 2. The van der Waals surface area contributed by atoms with Gasteiger partial charge in [-0.25, -0.2) is 4.79 Å². The number of rotatable bonds is 10. The van der Waals surface area contributed by atoms with Gasteiger partial charge in [0.2, 0.25) is 0 Å². The highest BCUT2D eigenvalue weighted by Crippen LogP contribution is 2.15. The van der Waals surface area contributed by atoms with Crippen LogP contribution in [0.1, 0.15) is 63.9 Å². The molecule has 0 aliphatic carbocycles. The lowest BCUT2D eigenvalue weighted by Gasteiger charge is -2.32. The SMILES string of the molecule is CCCCCCCCCCc1ccc(NC(=O)N2CCN(C)CC2)cc1.Cl. The number of unbranched alkanes of at least 4 members (excludes halogenated alkanes) is 7. The molecular weight excluding hydrogens is 358 g/mol. The second-order valence-electron chi connectivity index (χ2n) is 7.64. The van der Waals surface area contributed by atoms with Gasteiger partial charge in [-0.05, 0) is 37.6 Å². The zero-order valence-corrected chi connectivity index (χ0v) is 18.0. The quantitative estimate of drug-likeness (QED) is 0.525.